The molecule has 7 aromatic rings. The van der Waals surface area contributed by atoms with E-state index in [-0.39, 0.29) is 24.2 Å². The molecule has 1 amide bonds. The predicted octanol–water partition coefficient (Wildman–Crippen LogP) is 7.84. The van der Waals surface area contributed by atoms with Crippen LogP contribution in [0.25, 0.3) is 10.9 Å². The Hall–Kier alpha value is -6.63. The first kappa shape index (κ1) is 38.3. The standard InChI is InChI=1S/C46H44FN7O4/c1-2-57-38-21-18-33(19-22-38)30-42(55)50-43-39-31-37(49-44-40(47)32-48-45(51-44)58-29-26-53-24-27-56-28-25-53)20-23-41(39)54(52-43)46(34-12-6-3-7-13-34,35-14-8-4-9-15-35)36-16-10-5-11-17-36/h3-23,31-32H,2,24-30H2,1H3,(H,48,49,51)(H,50,52,55). The number of amides is 1. The maximum atomic E-state index is 15.3. The number of benzene rings is 5. The van der Waals surface area contributed by atoms with Crippen LogP contribution in [0.2, 0.25) is 0 Å². The van der Waals surface area contributed by atoms with E-state index in [1.54, 1.807) is 0 Å². The number of anilines is 3. The number of nitrogens with zero attached hydrogens (tertiary/aromatic N) is 5. The maximum absolute atomic E-state index is 15.3. The third-order valence-corrected chi connectivity index (χ3v) is 10.2. The molecule has 8 rings (SSSR count). The number of nitrogens with one attached hydrogen (secondary N) is 2. The van der Waals surface area contributed by atoms with E-state index >= 15 is 4.39 Å². The van der Waals surface area contributed by atoms with Crippen molar-refractivity contribution in [1.82, 2.24) is 24.6 Å². The number of carbonyl (C=O) groups is 1. The first-order chi connectivity index (χ1) is 28.5. The van der Waals surface area contributed by atoms with Crippen LogP contribution in [0.4, 0.5) is 21.7 Å². The van der Waals surface area contributed by atoms with E-state index in [4.69, 9.17) is 19.3 Å². The van der Waals surface area contributed by atoms with Crippen molar-refractivity contribution in [3.05, 3.63) is 168 Å². The molecule has 0 aliphatic carbocycles. The molecule has 0 atom stereocenters. The van der Waals surface area contributed by atoms with Gasteiger partial charge in [-0.2, -0.15) is 10.1 Å². The van der Waals surface area contributed by atoms with Crippen molar-refractivity contribution in [3.8, 4) is 11.8 Å². The minimum Gasteiger partial charge on any atom is -0.494 e. The van der Waals surface area contributed by atoms with Gasteiger partial charge in [-0.15, -0.1) is 0 Å². The summed E-state index contributed by atoms with van der Waals surface area (Å²) >= 11 is 0. The van der Waals surface area contributed by atoms with Crippen LogP contribution in [0, 0.1) is 5.82 Å². The Morgan fingerprint density at radius 2 is 1.45 bits per heavy atom. The van der Waals surface area contributed by atoms with Gasteiger partial charge in [0.15, 0.2) is 17.5 Å². The third-order valence-electron chi connectivity index (χ3n) is 10.2. The van der Waals surface area contributed by atoms with Gasteiger partial charge in [-0.25, -0.2) is 14.1 Å². The third kappa shape index (κ3) is 8.24. The fraction of sp³-hybridized carbons (Fsp3) is 0.217. The van der Waals surface area contributed by atoms with E-state index in [2.05, 4.69) is 61.9 Å². The van der Waals surface area contributed by atoms with Crippen molar-refractivity contribution in [2.75, 3.05) is 56.7 Å². The number of hydrogen-bond donors (Lipinski definition) is 2. The molecule has 12 heteroatoms. The van der Waals surface area contributed by atoms with Crippen LogP contribution in [0.1, 0.15) is 29.2 Å². The summed E-state index contributed by atoms with van der Waals surface area (Å²) in [5.74, 6) is 0.145. The van der Waals surface area contributed by atoms with E-state index in [0.717, 1.165) is 52.8 Å². The van der Waals surface area contributed by atoms with Crippen LogP contribution in [-0.4, -0.2) is 76.6 Å². The van der Waals surface area contributed by atoms with Crippen LogP contribution >= 0.6 is 0 Å². The van der Waals surface area contributed by atoms with E-state index < -0.39 is 11.4 Å². The van der Waals surface area contributed by atoms with E-state index in [1.165, 1.54) is 0 Å². The number of fused-ring (bicyclic) bond motifs is 1. The van der Waals surface area contributed by atoms with E-state index in [9.17, 15) is 4.79 Å². The van der Waals surface area contributed by atoms with Crippen molar-refractivity contribution in [2.45, 2.75) is 18.9 Å². The molecule has 11 nitrogen and oxygen atoms in total. The van der Waals surface area contributed by atoms with Gasteiger partial charge < -0.3 is 24.8 Å². The summed E-state index contributed by atoms with van der Waals surface area (Å²) < 4.78 is 34.1. The number of ether oxygens (including phenoxy) is 3. The Morgan fingerprint density at radius 1 is 0.810 bits per heavy atom. The van der Waals surface area contributed by atoms with Gasteiger partial charge in [0, 0.05) is 30.7 Å². The highest BCUT2D eigenvalue weighted by atomic mass is 19.1. The molecule has 0 spiro atoms. The van der Waals surface area contributed by atoms with Gasteiger partial charge in [-0.3, -0.25) is 9.69 Å². The van der Waals surface area contributed by atoms with Gasteiger partial charge in [-0.1, -0.05) is 103 Å². The van der Waals surface area contributed by atoms with Crippen molar-refractivity contribution < 1.29 is 23.4 Å². The lowest BCUT2D eigenvalue weighted by molar-refractivity contribution is -0.115. The molecule has 1 aliphatic heterocycles. The monoisotopic (exact) mass is 777 g/mol. The summed E-state index contributed by atoms with van der Waals surface area (Å²) in [5, 5.41) is 12.2. The van der Waals surface area contributed by atoms with Crippen molar-refractivity contribution in [1.29, 1.82) is 0 Å². The molecule has 0 bridgehead atoms. The van der Waals surface area contributed by atoms with Gasteiger partial charge in [0.05, 0.1) is 38.0 Å². The molecule has 0 saturated carbocycles. The lowest BCUT2D eigenvalue weighted by Gasteiger charge is -2.37. The molecule has 2 aromatic heterocycles. The topological polar surface area (TPSA) is 116 Å². The molecule has 1 saturated heterocycles. The summed E-state index contributed by atoms with van der Waals surface area (Å²) in [6.45, 7) is 6.53. The fourth-order valence-corrected chi connectivity index (χ4v) is 7.42. The summed E-state index contributed by atoms with van der Waals surface area (Å²) in [6.07, 6.45) is 1.21. The smallest absolute Gasteiger partial charge is 0.318 e. The SMILES string of the molecule is CCOc1ccc(CC(=O)Nc2nn(C(c3ccccc3)(c3ccccc3)c3ccccc3)c3ccc(Nc4nc(OCCN5CCOCC5)ncc4F)cc23)cc1. The number of aromatic nitrogens is 4. The number of halogens is 1. The maximum Gasteiger partial charge on any atom is 0.318 e. The Labute approximate surface area is 336 Å². The minimum atomic E-state index is -0.971. The van der Waals surface area contributed by atoms with Crippen LogP contribution in [-0.2, 0) is 21.5 Å². The number of rotatable bonds is 15. The second-order valence-corrected chi connectivity index (χ2v) is 13.9. The largest absolute Gasteiger partial charge is 0.494 e. The Bertz CT molecular complexity index is 2350. The van der Waals surface area contributed by atoms with E-state index in [1.807, 2.05) is 109 Å². The Balaban J connectivity index is 1.20. The molecule has 0 radical (unpaired) electrons. The summed E-state index contributed by atoms with van der Waals surface area (Å²) in [6, 6.07) is 43.7. The van der Waals surface area contributed by atoms with E-state index in [0.29, 0.717) is 49.9 Å². The zero-order valence-corrected chi connectivity index (χ0v) is 32.2. The zero-order chi connectivity index (χ0) is 39.7. The van der Waals surface area contributed by atoms with Crippen LogP contribution in [0.15, 0.2) is 140 Å². The Morgan fingerprint density at radius 3 is 2.07 bits per heavy atom. The second-order valence-electron chi connectivity index (χ2n) is 13.9. The first-order valence-electron chi connectivity index (χ1n) is 19.4. The van der Waals surface area contributed by atoms with Crippen molar-refractivity contribution in [3.63, 3.8) is 0 Å². The number of morpholine rings is 1. The first-order valence-corrected chi connectivity index (χ1v) is 19.4. The van der Waals surface area contributed by atoms with Gasteiger partial charge in [0.2, 0.25) is 5.91 Å². The molecule has 5 aromatic carbocycles. The molecule has 3 heterocycles. The van der Waals surface area contributed by atoms with Crippen molar-refractivity contribution in [2.24, 2.45) is 0 Å². The second kappa shape index (κ2) is 17.7. The zero-order valence-electron chi connectivity index (χ0n) is 32.2. The van der Waals surface area contributed by atoms with Gasteiger partial charge in [0.1, 0.15) is 17.9 Å². The highest BCUT2D eigenvalue weighted by Gasteiger charge is 2.41. The molecular formula is C46H44FN7O4. The number of hydrogen-bond acceptors (Lipinski definition) is 9. The number of carbonyl (C=O) groups excluding carboxylic acids is 1. The summed E-state index contributed by atoms with van der Waals surface area (Å²) in [4.78, 5) is 24.5. The molecular weight excluding hydrogens is 734 g/mol. The van der Waals surface area contributed by atoms with Crippen LogP contribution in [0.3, 0.4) is 0 Å². The lowest BCUT2D eigenvalue weighted by atomic mass is 9.77. The lowest BCUT2D eigenvalue weighted by Crippen LogP contribution is -2.38. The van der Waals surface area contributed by atoms with Crippen LogP contribution in [0.5, 0.6) is 11.8 Å². The fourth-order valence-electron chi connectivity index (χ4n) is 7.42. The molecule has 1 fully saturated rings. The van der Waals surface area contributed by atoms with Gasteiger partial charge >= 0.3 is 6.01 Å². The van der Waals surface area contributed by atoms with Gasteiger partial charge in [-0.05, 0) is 59.5 Å². The molecule has 294 valence electrons. The molecule has 1 aliphatic rings. The summed E-state index contributed by atoms with van der Waals surface area (Å²) in [7, 11) is 0. The normalized spacial score (nSPS) is 13.3. The average molecular weight is 778 g/mol. The highest BCUT2D eigenvalue weighted by molar-refractivity contribution is 6.02. The quantitative estimate of drug-likeness (QED) is 0.101. The Kier molecular flexibility index (Phi) is 11.6. The average Bonchev–Trinajstić information content (AvgIpc) is 3.61. The predicted molar refractivity (Wildman–Crippen MR) is 222 cm³/mol. The molecule has 0 unspecified atom stereocenters. The minimum absolute atomic E-state index is 0.0450. The van der Waals surface area contributed by atoms with Crippen molar-refractivity contribution >= 4 is 34.1 Å². The van der Waals surface area contributed by atoms with Crippen LogP contribution < -0.4 is 20.1 Å². The van der Waals surface area contributed by atoms with Gasteiger partial charge in [0.25, 0.3) is 0 Å². The molecule has 2 N–H and O–H groups in total. The molecule has 58 heavy (non-hydrogen) atoms. The highest BCUT2D eigenvalue weighted by Crippen LogP contribution is 2.44. The summed E-state index contributed by atoms with van der Waals surface area (Å²) in [5.41, 5.74) is 4.01.